The second-order valence-corrected chi connectivity index (χ2v) is 7.41. The van der Waals surface area contributed by atoms with Gasteiger partial charge in [0.05, 0.1) is 16.4 Å². The van der Waals surface area contributed by atoms with Crippen LogP contribution < -0.4 is 5.73 Å². The number of aromatic nitrogens is 2. The Labute approximate surface area is 127 Å². The maximum absolute atomic E-state index is 6.47. The van der Waals surface area contributed by atoms with E-state index in [1.807, 2.05) is 11.6 Å². The van der Waals surface area contributed by atoms with Crippen LogP contribution in [-0.4, -0.2) is 15.8 Å². The molecule has 0 bridgehead atoms. The van der Waals surface area contributed by atoms with Gasteiger partial charge in [-0.25, -0.2) is 0 Å². The van der Waals surface area contributed by atoms with Gasteiger partial charge in [0.25, 0.3) is 0 Å². The monoisotopic (exact) mass is 297 g/mol. The van der Waals surface area contributed by atoms with Gasteiger partial charge in [-0.1, -0.05) is 25.4 Å². The molecule has 1 aromatic rings. The van der Waals surface area contributed by atoms with Crippen molar-refractivity contribution in [2.45, 2.75) is 72.4 Å². The van der Waals surface area contributed by atoms with E-state index in [1.165, 1.54) is 25.7 Å². The van der Waals surface area contributed by atoms with Crippen LogP contribution in [0.3, 0.4) is 0 Å². The van der Waals surface area contributed by atoms with Gasteiger partial charge in [-0.15, -0.1) is 0 Å². The predicted molar refractivity (Wildman–Crippen MR) is 85.1 cm³/mol. The average molecular weight is 298 g/mol. The van der Waals surface area contributed by atoms with Crippen LogP contribution in [0.15, 0.2) is 0 Å². The summed E-state index contributed by atoms with van der Waals surface area (Å²) < 4.78 is 2.00. The fourth-order valence-corrected chi connectivity index (χ4v) is 3.52. The molecule has 20 heavy (non-hydrogen) atoms. The summed E-state index contributed by atoms with van der Waals surface area (Å²) in [5, 5.41) is 5.28. The van der Waals surface area contributed by atoms with Crippen molar-refractivity contribution in [3.05, 3.63) is 16.4 Å². The highest BCUT2D eigenvalue weighted by Crippen LogP contribution is 2.39. The number of rotatable bonds is 4. The van der Waals surface area contributed by atoms with E-state index in [0.717, 1.165) is 29.4 Å². The number of halogens is 1. The summed E-state index contributed by atoms with van der Waals surface area (Å²) in [5.41, 5.74) is 9.00. The van der Waals surface area contributed by atoms with Crippen LogP contribution in [0.5, 0.6) is 0 Å². The van der Waals surface area contributed by atoms with Gasteiger partial charge < -0.3 is 5.73 Å². The first-order valence-electron chi connectivity index (χ1n) is 7.81. The molecule has 4 heteroatoms. The Morgan fingerprint density at radius 3 is 2.55 bits per heavy atom. The maximum Gasteiger partial charge on any atom is 0.0847 e. The van der Waals surface area contributed by atoms with E-state index in [-0.39, 0.29) is 6.04 Å². The van der Waals surface area contributed by atoms with Gasteiger partial charge in [-0.3, -0.25) is 4.68 Å². The fraction of sp³-hybridized carbons (Fsp3) is 0.812. The normalized spacial score (nSPS) is 21.1. The molecule has 1 heterocycles. The zero-order valence-electron chi connectivity index (χ0n) is 13.2. The van der Waals surface area contributed by atoms with Crippen LogP contribution in [0.25, 0.3) is 0 Å². The van der Waals surface area contributed by atoms with Crippen LogP contribution in [0.4, 0.5) is 0 Å². The maximum atomic E-state index is 6.47. The van der Waals surface area contributed by atoms with Crippen molar-refractivity contribution in [2.24, 2.45) is 17.1 Å². The molecule has 0 aliphatic heterocycles. The Bertz CT molecular complexity index is 455. The standard InChI is InChI=1S/C16H28ClN3/c1-5-20-14(15(17)11(2)19-20)10-13(18)12-6-8-16(3,4)9-7-12/h12-13H,5-10,18H2,1-4H3. The first-order valence-corrected chi connectivity index (χ1v) is 8.19. The van der Waals surface area contributed by atoms with Crippen molar-refractivity contribution in [1.82, 2.24) is 9.78 Å². The molecule has 0 spiro atoms. The minimum Gasteiger partial charge on any atom is -0.327 e. The molecule has 1 atom stereocenters. The Balaban J connectivity index is 2.03. The quantitative estimate of drug-likeness (QED) is 0.914. The number of hydrogen-bond acceptors (Lipinski definition) is 2. The van der Waals surface area contributed by atoms with Crippen LogP contribution >= 0.6 is 11.6 Å². The third kappa shape index (κ3) is 3.37. The molecular weight excluding hydrogens is 270 g/mol. The van der Waals surface area contributed by atoms with Crippen LogP contribution in [0, 0.1) is 18.3 Å². The second kappa shape index (κ2) is 6.07. The highest BCUT2D eigenvalue weighted by molar-refractivity contribution is 6.31. The Hall–Kier alpha value is -0.540. The molecule has 1 aliphatic rings. The number of nitrogens with two attached hydrogens (primary N) is 1. The summed E-state index contributed by atoms with van der Waals surface area (Å²) in [6.07, 6.45) is 5.89. The zero-order valence-corrected chi connectivity index (χ0v) is 14.0. The Morgan fingerprint density at radius 1 is 1.40 bits per heavy atom. The molecule has 114 valence electrons. The van der Waals surface area contributed by atoms with Crippen molar-refractivity contribution in [3.8, 4) is 0 Å². The van der Waals surface area contributed by atoms with Crippen molar-refractivity contribution in [1.29, 1.82) is 0 Å². The third-order valence-electron chi connectivity index (χ3n) is 4.87. The molecule has 1 fully saturated rings. The van der Waals surface area contributed by atoms with E-state index in [4.69, 9.17) is 17.3 Å². The lowest BCUT2D eigenvalue weighted by atomic mass is 9.71. The molecule has 0 amide bonds. The van der Waals surface area contributed by atoms with Gasteiger partial charge in [0.1, 0.15) is 0 Å². The fourth-order valence-electron chi connectivity index (χ4n) is 3.30. The van der Waals surface area contributed by atoms with E-state index in [1.54, 1.807) is 0 Å². The van der Waals surface area contributed by atoms with Crippen LogP contribution in [-0.2, 0) is 13.0 Å². The Kier molecular flexibility index (Phi) is 4.80. The van der Waals surface area contributed by atoms with Gasteiger partial charge in [-0.05, 0) is 50.9 Å². The van der Waals surface area contributed by atoms with Gasteiger partial charge in [0.2, 0.25) is 0 Å². The van der Waals surface area contributed by atoms with Gasteiger partial charge >= 0.3 is 0 Å². The summed E-state index contributed by atoms with van der Waals surface area (Å²) in [6, 6.07) is 0.199. The SMILES string of the molecule is CCn1nc(C)c(Cl)c1CC(N)C1CCC(C)(C)CC1. The van der Waals surface area contributed by atoms with Crippen molar-refractivity contribution < 1.29 is 0 Å². The zero-order chi connectivity index (χ0) is 14.9. The number of aryl methyl sites for hydroxylation is 2. The first-order chi connectivity index (χ1) is 9.34. The lowest BCUT2D eigenvalue weighted by Crippen LogP contribution is -2.37. The highest BCUT2D eigenvalue weighted by Gasteiger charge is 2.30. The van der Waals surface area contributed by atoms with E-state index < -0.39 is 0 Å². The first kappa shape index (κ1) is 15.8. The number of nitrogens with zero attached hydrogens (tertiary/aromatic N) is 2. The highest BCUT2D eigenvalue weighted by atomic mass is 35.5. The molecule has 3 nitrogen and oxygen atoms in total. The molecular formula is C16H28ClN3. The molecule has 1 saturated carbocycles. The van der Waals surface area contributed by atoms with Gasteiger partial charge in [0.15, 0.2) is 0 Å². The molecule has 0 radical (unpaired) electrons. The van der Waals surface area contributed by atoms with Crippen LogP contribution in [0.2, 0.25) is 5.02 Å². The van der Waals surface area contributed by atoms with Gasteiger partial charge in [0, 0.05) is 19.0 Å². The Morgan fingerprint density at radius 2 is 2.00 bits per heavy atom. The summed E-state index contributed by atoms with van der Waals surface area (Å²) in [7, 11) is 0. The average Bonchev–Trinajstić information content (AvgIpc) is 2.66. The van der Waals surface area contributed by atoms with Gasteiger partial charge in [-0.2, -0.15) is 5.10 Å². The summed E-state index contributed by atoms with van der Waals surface area (Å²) >= 11 is 6.38. The third-order valence-corrected chi connectivity index (χ3v) is 5.36. The summed E-state index contributed by atoms with van der Waals surface area (Å²) in [4.78, 5) is 0. The van der Waals surface area contributed by atoms with E-state index in [9.17, 15) is 0 Å². The van der Waals surface area contributed by atoms with Crippen molar-refractivity contribution in [3.63, 3.8) is 0 Å². The topological polar surface area (TPSA) is 43.8 Å². The lowest BCUT2D eigenvalue weighted by Gasteiger charge is -2.36. The minimum absolute atomic E-state index is 0.199. The predicted octanol–water partition coefficient (Wildman–Crippen LogP) is 3.95. The molecule has 2 N–H and O–H groups in total. The molecule has 0 saturated heterocycles. The minimum atomic E-state index is 0.199. The van der Waals surface area contributed by atoms with Crippen molar-refractivity contribution in [2.75, 3.05) is 0 Å². The molecule has 2 rings (SSSR count). The summed E-state index contributed by atoms with van der Waals surface area (Å²) in [6.45, 7) is 9.64. The second-order valence-electron chi connectivity index (χ2n) is 7.03. The lowest BCUT2D eigenvalue weighted by molar-refractivity contribution is 0.172. The largest absolute Gasteiger partial charge is 0.327 e. The summed E-state index contributed by atoms with van der Waals surface area (Å²) in [5.74, 6) is 0.625. The molecule has 1 unspecified atom stereocenters. The molecule has 1 aromatic heterocycles. The molecule has 1 aliphatic carbocycles. The van der Waals surface area contributed by atoms with E-state index in [0.29, 0.717) is 11.3 Å². The molecule has 0 aromatic carbocycles. The van der Waals surface area contributed by atoms with Crippen molar-refractivity contribution >= 4 is 11.6 Å². The van der Waals surface area contributed by atoms with E-state index in [2.05, 4.69) is 25.9 Å². The van der Waals surface area contributed by atoms with E-state index >= 15 is 0 Å². The van der Waals surface area contributed by atoms with Crippen LogP contribution in [0.1, 0.15) is 57.8 Å². The number of hydrogen-bond donors (Lipinski definition) is 1. The smallest absolute Gasteiger partial charge is 0.0847 e.